The largest absolute Gasteiger partial charge is 0.328 e. The standard InChI is InChI=1S/C20H25ClN2O/c1-14-8-10-22(11-9-14)13-20(24)19-12-15(2)23(16(19)3)18-6-4-17(21)5-7-18/h4-7,12,14H,8-11,13H2,1-3H3/p+1. The summed E-state index contributed by atoms with van der Waals surface area (Å²) in [6.07, 6.45) is 2.46. The average molecular weight is 346 g/mol. The van der Waals surface area contributed by atoms with Crippen LogP contribution in [0.5, 0.6) is 0 Å². The smallest absolute Gasteiger partial charge is 0.218 e. The van der Waals surface area contributed by atoms with Crippen molar-refractivity contribution in [2.45, 2.75) is 33.6 Å². The lowest BCUT2D eigenvalue weighted by Crippen LogP contribution is -3.13. The highest BCUT2D eigenvalue weighted by atomic mass is 35.5. The van der Waals surface area contributed by atoms with E-state index in [1.165, 1.54) is 17.7 Å². The lowest BCUT2D eigenvalue weighted by molar-refractivity contribution is -0.897. The number of carbonyl (C=O) groups excluding carboxylic acids is 1. The first-order valence-corrected chi connectivity index (χ1v) is 9.15. The van der Waals surface area contributed by atoms with Crippen molar-refractivity contribution >= 4 is 17.4 Å². The first kappa shape index (κ1) is 17.2. The topological polar surface area (TPSA) is 26.4 Å². The molecular formula is C20H26ClN2O+. The Morgan fingerprint density at radius 3 is 2.46 bits per heavy atom. The van der Waals surface area contributed by atoms with Gasteiger partial charge in [-0.2, -0.15) is 0 Å². The maximum atomic E-state index is 12.8. The van der Waals surface area contributed by atoms with E-state index in [-0.39, 0.29) is 5.78 Å². The minimum atomic E-state index is 0.257. The molecule has 0 amide bonds. The molecule has 1 aromatic heterocycles. The normalized spacial score (nSPS) is 21.0. The number of Topliss-reactive ketones (excluding diaryl/α,β-unsaturated/α-hetero) is 1. The fourth-order valence-electron chi connectivity index (χ4n) is 3.70. The Balaban J connectivity index is 1.80. The highest BCUT2D eigenvalue weighted by Gasteiger charge is 2.24. The van der Waals surface area contributed by atoms with Gasteiger partial charge in [0.25, 0.3) is 0 Å². The molecule has 1 fully saturated rings. The molecule has 0 aliphatic carbocycles. The number of likely N-dealkylation sites (tertiary alicyclic amines) is 1. The molecule has 0 saturated carbocycles. The van der Waals surface area contributed by atoms with Crippen LogP contribution >= 0.6 is 11.6 Å². The van der Waals surface area contributed by atoms with E-state index in [0.717, 1.165) is 46.7 Å². The van der Waals surface area contributed by atoms with Crippen LogP contribution in [0.25, 0.3) is 5.69 Å². The monoisotopic (exact) mass is 345 g/mol. The zero-order valence-corrected chi connectivity index (χ0v) is 15.5. The van der Waals surface area contributed by atoms with Gasteiger partial charge in [0.15, 0.2) is 0 Å². The second-order valence-electron chi connectivity index (χ2n) is 7.13. The van der Waals surface area contributed by atoms with Crippen LogP contribution in [0.4, 0.5) is 0 Å². The van der Waals surface area contributed by atoms with Gasteiger partial charge in [-0.05, 0) is 62.9 Å². The number of carbonyl (C=O) groups is 1. The van der Waals surface area contributed by atoms with Crippen LogP contribution in [0.3, 0.4) is 0 Å². The second kappa shape index (κ2) is 7.12. The molecule has 1 aliphatic rings. The van der Waals surface area contributed by atoms with Crippen LogP contribution in [0.1, 0.15) is 41.5 Å². The van der Waals surface area contributed by atoms with Crippen LogP contribution in [0, 0.1) is 19.8 Å². The molecule has 0 spiro atoms. The maximum Gasteiger partial charge on any atom is 0.218 e. The molecule has 0 unspecified atom stereocenters. The maximum absolute atomic E-state index is 12.8. The van der Waals surface area contributed by atoms with E-state index >= 15 is 0 Å². The number of benzene rings is 1. The van der Waals surface area contributed by atoms with Crippen molar-refractivity contribution < 1.29 is 9.69 Å². The number of ketones is 1. The molecule has 2 aromatic rings. The Bertz CT molecular complexity index is 725. The Labute approximate surface area is 149 Å². The molecule has 0 bridgehead atoms. The summed E-state index contributed by atoms with van der Waals surface area (Å²) < 4.78 is 2.14. The van der Waals surface area contributed by atoms with E-state index in [1.807, 2.05) is 44.2 Å². The minimum Gasteiger partial charge on any atom is -0.328 e. The predicted octanol–water partition coefficient (Wildman–Crippen LogP) is 3.25. The number of piperidine rings is 1. The molecule has 1 aliphatic heterocycles. The molecule has 128 valence electrons. The van der Waals surface area contributed by atoms with Crippen molar-refractivity contribution in [1.82, 2.24) is 4.57 Å². The zero-order chi connectivity index (χ0) is 17.3. The molecule has 3 rings (SSSR count). The van der Waals surface area contributed by atoms with Crippen LogP contribution in [0.2, 0.25) is 5.02 Å². The van der Waals surface area contributed by atoms with Crippen LogP contribution in [0.15, 0.2) is 30.3 Å². The third-order valence-electron chi connectivity index (χ3n) is 5.21. The van der Waals surface area contributed by atoms with Gasteiger partial charge in [0.1, 0.15) is 6.54 Å². The van der Waals surface area contributed by atoms with E-state index in [4.69, 9.17) is 11.6 Å². The van der Waals surface area contributed by atoms with Gasteiger partial charge in [0.05, 0.1) is 13.1 Å². The molecular weight excluding hydrogens is 320 g/mol. The van der Waals surface area contributed by atoms with Crippen molar-refractivity contribution in [1.29, 1.82) is 0 Å². The second-order valence-corrected chi connectivity index (χ2v) is 7.57. The molecule has 4 heteroatoms. The predicted molar refractivity (Wildman–Crippen MR) is 98.5 cm³/mol. The summed E-state index contributed by atoms with van der Waals surface area (Å²) in [5, 5.41) is 0.723. The summed E-state index contributed by atoms with van der Waals surface area (Å²) in [7, 11) is 0. The number of nitrogens with one attached hydrogen (secondary N) is 1. The van der Waals surface area contributed by atoms with Crippen LogP contribution < -0.4 is 4.90 Å². The third-order valence-corrected chi connectivity index (χ3v) is 5.46. The van der Waals surface area contributed by atoms with E-state index in [1.54, 1.807) is 0 Å². The number of hydrogen-bond donors (Lipinski definition) is 1. The van der Waals surface area contributed by atoms with Crippen molar-refractivity contribution in [2.24, 2.45) is 5.92 Å². The molecule has 24 heavy (non-hydrogen) atoms. The summed E-state index contributed by atoms with van der Waals surface area (Å²) in [6.45, 7) is 9.22. The van der Waals surface area contributed by atoms with Gasteiger partial charge in [-0.25, -0.2) is 0 Å². The minimum absolute atomic E-state index is 0.257. The van der Waals surface area contributed by atoms with E-state index in [0.29, 0.717) is 6.54 Å². The highest BCUT2D eigenvalue weighted by Crippen LogP contribution is 2.22. The number of rotatable bonds is 4. The zero-order valence-electron chi connectivity index (χ0n) is 14.7. The number of halogens is 1. The Hall–Kier alpha value is -1.58. The van der Waals surface area contributed by atoms with E-state index in [2.05, 4.69) is 11.5 Å². The molecule has 0 atom stereocenters. The summed E-state index contributed by atoms with van der Waals surface area (Å²) in [6, 6.07) is 9.78. The molecule has 0 radical (unpaired) electrons. The van der Waals surface area contributed by atoms with Gasteiger partial charge >= 0.3 is 0 Å². The Morgan fingerprint density at radius 2 is 1.83 bits per heavy atom. The molecule has 3 nitrogen and oxygen atoms in total. The van der Waals surface area contributed by atoms with Crippen LogP contribution in [-0.2, 0) is 0 Å². The van der Waals surface area contributed by atoms with Gasteiger partial charge in [0, 0.05) is 27.7 Å². The quantitative estimate of drug-likeness (QED) is 0.846. The van der Waals surface area contributed by atoms with Gasteiger partial charge in [-0.1, -0.05) is 18.5 Å². The molecule has 1 N–H and O–H groups in total. The van der Waals surface area contributed by atoms with Crippen molar-refractivity contribution in [2.75, 3.05) is 19.6 Å². The lowest BCUT2D eigenvalue weighted by Gasteiger charge is -2.26. The molecule has 1 saturated heterocycles. The Kier molecular flexibility index (Phi) is 5.12. The summed E-state index contributed by atoms with van der Waals surface area (Å²) in [5.41, 5.74) is 4.01. The van der Waals surface area contributed by atoms with Gasteiger partial charge < -0.3 is 9.47 Å². The van der Waals surface area contributed by atoms with Gasteiger partial charge in [0.2, 0.25) is 5.78 Å². The summed E-state index contributed by atoms with van der Waals surface area (Å²) >= 11 is 5.99. The Morgan fingerprint density at radius 1 is 1.21 bits per heavy atom. The van der Waals surface area contributed by atoms with Gasteiger partial charge in [-0.15, -0.1) is 0 Å². The van der Waals surface area contributed by atoms with Crippen LogP contribution in [-0.4, -0.2) is 30.0 Å². The summed E-state index contributed by atoms with van der Waals surface area (Å²) in [4.78, 5) is 14.2. The number of nitrogens with zero attached hydrogens (tertiary/aromatic N) is 1. The van der Waals surface area contributed by atoms with E-state index in [9.17, 15) is 4.79 Å². The number of hydrogen-bond acceptors (Lipinski definition) is 1. The number of quaternary nitrogens is 1. The first-order valence-electron chi connectivity index (χ1n) is 8.77. The lowest BCUT2D eigenvalue weighted by atomic mass is 9.99. The average Bonchev–Trinajstić information content (AvgIpc) is 2.85. The molecule has 1 aromatic carbocycles. The third kappa shape index (κ3) is 3.57. The summed E-state index contributed by atoms with van der Waals surface area (Å²) in [5.74, 6) is 1.06. The number of aromatic nitrogens is 1. The highest BCUT2D eigenvalue weighted by molar-refractivity contribution is 6.30. The van der Waals surface area contributed by atoms with Crippen molar-refractivity contribution in [3.63, 3.8) is 0 Å². The molecule has 2 heterocycles. The van der Waals surface area contributed by atoms with E-state index < -0.39 is 0 Å². The van der Waals surface area contributed by atoms with Crippen molar-refractivity contribution in [3.8, 4) is 5.69 Å². The fourth-order valence-corrected chi connectivity index (χ4v) is 3.83. The first-order chi connectivity index (χ1) is 11.5. The number of aryl methyl sites for hydroxylation is 1. The van der Waals surface area contributed by atoms with Crippen molar-refractivity contribution in [3.05, 3.63) is 52.3 Å². The fraction of sp³-hybridized carbons (Fsp3) is 0.450. The van der Waals surface area contributed by atoms with Gasteiger partial charge in [-0.3, -0.25) is 4.79 Å². The SMILES string of the molecule is Cc1cc(C(=O)C[NH+]2CCC(C)CC2)c(C)n1-c1ccc(Cl)cc1.